The maximum Gasteiger partial charge on any atom is 0.166 e. The number of aromatic nitrogens is 3. The number of fused-ring (bicyclic) bond motifs is 1. The summed E-state index contributed by atoms with van der Waals surface area (Å²) in [5.74, 6) is 0.591. The lowest BCUT2D eigenvalue weighted by atomic mass is 10.3. The first-order valence-electron chi connectivity index (χ1n) is 5.34. The Bertz CT molecular complexity index is 714. The molecule has 86 valence electrons. The zero-order valence-corrected chi connectivity index (χ0v) is 9.32. The largest absolute Gasteiger partial charge is 0.465 e. The van der Waals surface area contributed by atoms with Gasteiger partial charge in [-0.1, -0.05) is 12.1 Å². The van der Waals surface area contributed by atoms with Crippen LogP contribution in [0.25, 0.3) is 22.8 Å². The maximum absolute atomic E-state index is 9.14. The second-order valence-electron chi connectivity index (χ2n) is 3.63. The molecule has 0 aliphatic heterocycles. The van der Waals surface area contributed by atoms with Crippen LogP contribution in [-0.2, 0) is 0 Å². The fourth-order valence-corrected chi connectivity index (χ4v) is 1.61. The quantitative estimate of drug-likeness (QED) is 0.641. The number of rotatable bonds is 2. The molecule has 0 radical (unpaired) electrons. The van der Waals surface area contributed by atoms with Crippen LogP contribution in [0, 0.1) is 11.3 Å². The first-order chi connectivity index (χ1) is 8.86. The lowest BCUT2D eigenvalue weighted by Gasteiger charge is -1.93. The molecule has 2 aromatic heterocycles. The summed E-state index contributed by atoms with van der Waals surface area (Å²) in [5.41, 5.74) is 1.80. The molecule has 3 rings (SSSR count). The molecule has 0 fully saturated rings. The van der Waals surface area contributed by atoms with Gasteiger partial charge >= 0.3 is 0 Å². The van der Waals surface area contributed by atoms with Crippen molar-refractivity contribution < 1.29 is 4.42 Å². The van der Waals surface area contributed by atoms with E-state index < -0.39 is 0 Å². The van der Waals surface area contributed by atoms with Gasteiger partial charge in [0.15, 0.2) is 5.70 Å². The van der Waals surface area contributed by atoms with Gasteiger partial charge in [0.25, 0.3) is 0 Å². The van der Waals surface area contributed by atoms with E-state index >= 15 is 0 Å². The van der Waals surface area contributed by atoms with Gasteiger partial charge in [0.05, 0.1) is 6.26 Å². The highest BCUT2D eigenvalue weighted by molar-refractivity contribution is 5.79. The Kier molecular flexibility index (Phi) is 2.39. The minimum atomic E-state index is 0.307. The highest BCUT2D eigenvalue weighted by Crippen LogP contribution is 2.13. The standard InChI is InChI=1S/C13H8N4O/c14-9-10(8-11-4-3-7-18-11)17-15-12-5-1-2-6-13(12)16-17/h1-8H/b10-8+. The van der Waals surface area contributed by atoms with Crippen LogP contribution >= 0.6 is 0 Å². The molecule has 5 nitrogen and oxygen atoms in total. The summed E-state index contributed by atoms with van der Waals surface area (Å²) in [4.78, 5) is 1.31. The van der Waals surface area contributed by atoms with Crippen LogP contribution < -0.4 is 0 Å². The molecule has 0 saturated heterocycles. The van der Waals surface area contributed by atoms with Gasteiger partial charge in [0.2, 0.25) is 0 Å². The van der Waals surface area contributed by atoms with Crippen molar-refractivity contribution in [1.82, 2.24) is 15.0 Å². The molecule has 0 bridgehead atoms. The van der Waals surface area contributed by atoms with Crippen molar-refractivity contribution in [3.8, 4) is 6.07 Å². The Morgan fingerprint density at radius 3 is 2.44 bits per heavy atom. The molecule has 0 unspecified atom stereocenters. The van der Waals surface area contributed by atoms with E-state index in [0.29, 0.717) is 11.5 Å². The molecule has 1 aromatic carbocycles. The number of furan rings is 1. The summed E-state index contributed by atoms with van der Waals surface area (Å²) < 4.78 is 5.16. The lowest BCUT2D eigenvalue weighted by Crippen LogP contribution is -1.99. The number of benzene rings is 1. The van der Waals surface area contributed by atoms with E-state index in [2.05, 4.69) is 16.3 Å². The summed E-state index contributed by atoms with van der Waals surface area (Å²) in [7, 11) is 0. The van der Waals surface area contributed by atoms with Crippen LogP contribution in [0.15, 0.2) is 47.1 Å². The number of hydrogen-bond acceptors (Lipinski definition) is 4. The fraction of sp³-hybridized carbons (Fsp3) is 0. The van der Waals surface area contributed by atoms with Crippen molar-refractivity contribution in [2.75, 3.05) is 0 Å². The molecule has 2 heterocycles. The Labute approximate surface area is 103 Å². The van der Waals surface area contributed by atoms with E-state index in [1.54, 1.807) is 24.5 Å². The molecule has 5 heteroatoms. The van der Waals surface area contributed by atoms with Gasteiger partial charge in [-0.2, -0.15) is 5.26 Å². The van der Waals surface area contributed by atoms with E-state index in [0.717, 1.165) is 11.0 Å². The topological polar surface area (TPSA) is 67.6 Å². The SMILES string of the molecule is N#C/C(=C\c1ccco1)n1nc2ccccc2n1. The lowest BCUT2D eigenvalue weighted by molar-refractivity contribution is 0.556. The minimum absolute atomic E-state index is 0.307. The third-order valence-corrected chi connectivity index (χ3v) is 2.44. The van der Waals surface area contributed by atoms with Gasteiger partial charge in [-0.15, -0.1) is 15.0 Å². The highest BCUT2D eigenvalue weighted by Gasteiger charge is 2.06. The second kappa shape index (κ2) is 4.18. The van der Waals surface area contributed by atoms with Gasteiger partial charge < -0.3 is 4.42 Å². The summed E-state index contributed by atoms with van der Waals surface area (Å²) in [6.45, 7) is 0. The molecule has 0 spiro atoms. The van der Waals surface area contributed by atoms with Gasteiger partial charge in [-0.25, -0.2) is 0 Å². The third-order valence-electron chi connectivity index (χ3n) is 2.44. The van der Waals surface area contributed by atoms with E-state index in [4.69, 9.17) is 9.68 Å². The Balaban J connectivity index is 2.09. The van der Waals surface area contributed by atoms with Gasteiger partial charge in [0, 0.05) is 6.08 Å². The average molecular weight is 236 g/mol. The first kappa shape index (κ1) is 10.3. The average Bonchev–Trinajstić information content (AvgIpc) is 3.04. The molecule has 0 saturated carbocycles. The monoisotopic (exact) mass is 236 g/mol. The Hall–Kier alpha value is -2.87. The van der Waals surface area contributed by atoms with Crippen LogP contribution in [0.2, 0.25) is 0 Å². The highest BCUT2D eigenvalue weighted by atomic mass is 16.3. The van der Waals surface area contributed by atoms with Gasteiger partial charge in [0.1, 0.15) is 22.9 Å². The van der Waals surface area contributed by atoms with E-state index in [1.165, 1.54) is 4.80 Å². The van der Waals surface area contributed by atoms with Crippen LogP contribution in [-0.4, -0.2) is 15.0 Å². The van der Waals surface area contributed by atoms with Crippen molar-refractivity contribution in [3.63, 3.8) is 0 Å². The molecule has 0 N–H and O–H groups in total. The van der Waals surface area contributed by atoms with E-state index in [9.17, 15) is 0 Å². The maximum atomic E-state index is 9.14. The molecule has 18 heavy (non-hydrogen) atoms. The van der Waals surface area contributed by atoms with Crippen LogP contribution in [0.4, 0.5) is 0 Å². The molecule has 0 atom stereocenters. The first-order valence-corrected chi connectivity index (χ1v) is 5.34. The molecule has 0 aliphatic carbocycles. The molecule has 3 aromatic rings. The van der Waals surface area contributed by atoms with Crippen molar-refractivity contribution in [2.45, 2.75) is 0 Å². The number of nitriles is 1. The van der Waals surface area contributed by atoms with Crippen molar-refractivity contribution in [1.29, 1.82) is 5.26 Å². The molecule has 0 amide bonds. The zero-order valence-electron chi connectivity index (χ0n) is 9.32. The Morgan fingerprint density at radius 2 is 1.89 bits per heavy atom. The van der Waals surface area contributed by atoms with Crippen LogP contribution in [0.5, 0.6) is 0 Å². The normalized spacial score (nSPS) is 11.6. The number of hydrogen-bond donors (Lipinski definition) is 0. The summed E-state index contributed by atoms with van der Waals surface area (Å²) in [6, 6.07) is 13.0. The predicted octanol–water partition coefficient (Wildman–Crippen LogP) is 2.55. The zero-order chi connectivity index (χ0) is 12.4. The van der Waals surface area contributed by atoms with Gasteiger partial charge in [-0.05, 0) is 24.3 Å². The van der Waals surface area contributed by atoms with Crippen molar-refractivity contribution in [3.05, 3.63) is 48.4 Å². The van der Waals surface area contributed by atoms with Crippen LogP contribution in [0.1, 0.15) is 5.76 Å². The minimum Gasteiger partial charge on any atom is -0.465 e. The summed E-state index contributed by atoms with van der Waals surface area (Å²) in [5, 5.41) is 17.6. The van der Waals surface area contributed by atoms with Gasteiger partial charge in [-0.3, -0.25) is 0 Å². The molecular weight excluding hydrogens is 228 g/mol. The van der Waals surface area contributed by atoms with E-state index in [-0.39, 0.29) is 0 Å². The Morgan fingerprint density at radius 1 is 1.17 bits per heavy atom. The molecular formula is C13H8N4O. The third kappa shape index (κ3) is 1.76. The van der Waals surface area contributed by atoms with Crippen molar-refractivity contribution >= 4 is 22.8 Å². The number of allylic oxidation sites excluding steroid dienone is 1. The summed E-state index contributed by atoms with van der Waals surface area (Å²) in [6.07, 6.45) is 3.15. The summed E-state index contributed by atoms with van der Waals surface area (Å²) >= 11 is 0. The predicted molar refractivity (Wildman–Crippen MR) is 66.0 cm³/mol. The smallest absolute Gasteiger partial charge is 0.166 e. The van der Waals surface area contributed by atoms with Crippen LogP contribution in [0.3, 0.4) is 0 Å². The number of nitrogens with zero attached hydrogens (tertiary/aromatic N) is 4. The molecule has 0 aliphatic rings. The van der Waals surface area contributed by atoms with E-state index in [1.807, 2.05) is 24.3 Å². The fourth-order valence-electron chi connectivity index (χ4n) is 1.61. The second-order valence-corrected chi connectivity index (χ2v) is 3.63. The van der Waals surface area contributed by atoms with Crippen molar-refractivity contribution in [2.24, 2.45) is 0 Å².